The minimum absolute atomic E-state index is 0.112. The molecule has 8 nitrogen and oxygen atoms in total. The summed E-state index contributed by atoms with van der Waals surface area (Å²) in [5.74, 6) is 0.652. The highest BCUT2D eigenvalue weighted by Gasteiger charge is 2.26. The fourth-order valence-corrected chi connectivity index (χ4v) is 5.17. The van der Waals surface area contributed by atoms with Crippen LogP contribution in [0, 0.1) is 0 Å². The first-order valence-corrected chi connectivity index (χ1v) is 13.2. The highest BCUT2D eigenvalue weighted by atomic mass is 35.5. The Hall–Kier alpha value is -3.46. The third-order valence-electron chi connectivity index (χ3n) is 7.01. The van der Waals surface area contributed by atoms with Gasteiger partial charge in [0.1, 0.15) is 12.4 Å². The van der Waals surface area contributed by atoms with Crippen molar-refractivity contribution in [3.8, 4) is 5.75 Å². The number of nitrogens with zero attached hydrogens (tertiary/aromatic N) is 3. The number of rotatable bonds is 7. The zero-order valence-electron chi connectivity index (χ0n) is 21.7. The van der Waals surface area contributed by atoms with Crippen LogP contribution in [0.3, 0.4) is 0 Å². The molecule has 2 N–H and O–H groups in total. The van der Waals surface area contributed by atoms with Crippen LogP contribution in [0.5, 0.6) is 5.75 Å². The predicted octanol–water partition coefficient (Wildman–Crippen LogP) is 3.35. The van der Waals surface area contributed by atoms with Crippen molar-refractivity contribution < 1.29 is 9.53 Å². The molecular formula is C29H32ClN5O3. The van der Waals surface area contributed by atoms with Crippen molar-refractivity contribution in [2.75, 3.05) is 33.7 Å². The maximum absolute atomic E-state index is 12.9. The molecule has 0 saturated carbocycles. The molecule has 1 atom stereocenters. The summed E-state index contributed by atoms with van der Waals surface area (Å²) in [4.78, 5) is 36.3. The van der Waals surface area contributed by atoms with E-state index in [1.165, 1.54) is 11.1 Å². The van der Waals surface area contributed by atoms with Crippen LogP contribution in [0.4, 0.5) is 0 Å². The molecule has 3 heterocycles. The lowest BCUT2D eigenvalue weighted by Gasteiger charge is -2.34. The standard InChI is InChI=1S/C29H32ClN5O3/c1-34(2)29(37)25-17-35(12-11-31-25)16-19-3-4-21-14-22(6-5-20(21)13-19)27-26(9-10-32-28(27)36)38-18-24-8-7-23(30)15-33-24/h3-4,7-10,13-15,25,31H,5-6,11-12,16-18H2,1-2H3,(H,32,36)/t25-/m1/s1. The van der Waals surface area contributed by atoms with Crippen molar-refractivity contribution in [2.24, 2.45) is 0 Å². The number of amides is 1. The molecule has 0 bridgehead atoms. The number of aryl methyl sites for hydroxylation is 1. The van der Waals surface area contributed by atoms with Gasteiger partial charge in [-0.3, -0.25) is 19.5 Å². The number of hydrogen-bond donors (Lipinski definition) is 2. The van der Waals surface area contributed by atoms with Gasteiger partial charge in [0, 0.05) is 52.7 Å². The van der Waals surface area contributed by atoms with Crippen molar-refractivity contribution in [1.29, 1.82) is 0 Å². The zero-order valence-corrected chi connectivity index (χ0v) is 22.4. The number of hydrogen-bond acceptors (Lipinski definition) is 6. The molecule has 1 aliphatic heterocycles. The lowest BCUT2D eigenvalue weighted by Crippen LogP contribution is -2.56. The van der Waals surface area contributed by atoms with Gasteiger partial charge in [0.05, 0.1) is 22.3 Å². The molecule has 1 aliphatic carbocycles. The van der Waals surface area contributed by atoms with Crippen LogP contribution in [0.15, 0.2) is 53.6 Å². The van der Waals surface area contributed by atoms with Crippen LogP contribution >= 0.6 is 11.6 Å². The zero-order chi connectivity index (χ0) is 26.6. The number of halogens is 1. The highest BCUT2D eigenvalue weighted by Crippen LogP contribution is 2.33. The van der Waals surface area contributed by atoms with E-state index < -0.39 is 0 Å². The van der Waals surface area contributed by atoms with E-state index >= 15 is 0 Å². The molecule has 0 spiro atoms. The van der Waals surface area contributed by atoms with E-state index in [2.05, 4.69) is 44.5 Å². The number of fused-ring (bicyclic) bond motifs is 1. The second kappa shape index (κ2) is 11.5. The third-order valence-corrected chi connectivity index (χ3v) is 7.24. The maximum Gasteiger partial charge on any atom is 0.259 e. The Morgan fingerprint density at radius 2 is 2.08 bits per heavy atom. The van der Waals surface area contributed by atoms with Gasteiger partial charge in [0.2, 0.25) is 5.91 Å². The van der Waals surface area contributed by atoms with Gasteiger partial charge in [-0.25, -0.2) is 0 Å². The van der Waals surface area contributed by atoms with Crippen LogP contribution in [0.1, 0.15) is 34.4 Å². The van der Waals surface area contributed by atoms with E-state index in [9.17, 15) is 9.59 Å². The second-order valence-corrected chi connectivity index (χ2v) is 10.4. The van der Waals surface area contributed by atoms with Gasteiger partial charge < -0.3 is 19.9 Å². The minimum atomic E-state index is -0.169. The van der Waals surface area contributed by atoms with Gasteiger partial charge in [0.15, 0.2) is 0 Å². The van der Waals surface area contributed by atoms with Crippen molar-refractivity contribution in [3.05, 3.63) is 92.1 Å². The molecule has 0 unspecified atom stereocenters. The van der Waals surface area contributed by atoms with Crippen molar-refractivity contribution >= 4 is 29.2 Å². The average molecular weight is 534 g/mol. The third kappa shape index (κ3) is 5.99. The molecule has 1 saturated heterocycles. The summed E-state index contributed by atoms with van der Waals surface area (Å²) in [7, 11) is 3.59. The number of aromatic amines is 1. The minimum Gasteiger partial charge on any atom is -0.486 e. The summed E-state index contributed by atoms with van der Waals surface area (Å²) in [6.45, 7) is 3.45. The van der Waals surface area contributed by atoms with Gasteiger partial charge in [0.25, 0.3) is 5.56 Å². The maximum atomic E-state index is 12.9. The van der Waals surface area contributed by atoms with Gasteiger partial charge in [-0.05, 0) is 53.3 Å². The lowest BCUT2D eigenvalue weighted by atomic mass is 9.88. The molecule has 5 rings (SSSR count). The largest absolute Gasteiger partial charge is 0.486 e. The van der Waals surface area contributed by atoms with Crippen molar-refractivity contribution in [3.63, 3.8) is 0 Å². The van der Waals surface area contributed by atoms with Gasteiger partial charge >= 0.3 is 0 Å². The first kappa shape index (κ1) is 26.2. The smallest absolute Gasteiger partial charge is 0.259 e. The van der Waals surface area contributed by atoms with E-state index in [1.54, 1.807) is 43.5 Å². The highest BCUT2D eigenvalue weighted by molar-refractivity contribution is 6.30. The Morgan fingerprint density at radius 1 is 1.21 bits per heavy atom. The van der Waals surface area contributed by atoms with Gasteiger partial charge in [-0.15, -0.1) is 0 Å². The SMILES string of the molecule is CN(C)C(=O)[C@H]1CN(Cc2ccc3c(c2)CCC(c2c(OCc4ccc(Cl)cn4)cc[nH]c2=O)=C3)CCN1. The monoisotopic (exact) mass is 533 g/mol. The Morgan fingerprint density at radius 3 is 2.87 bits per heavy atom. The van der Waals surface area contributed by atoms with E-state index in [4.69, 9.17) is 16.3 Å². The summed E-state index contributed by atoms with van der Waals surface area (Å²) >= 11 is 5.93. The Kier molecular flexibility index (Phi) is 7.93. The molecule has 2 aliphatic rings. The number of carbonyl (C=O) groups is 1. The summed E-state index contributed by atoms with van der Waals surface area (Å²) in [5.41, 5.74) is 5.70. The number of ether oxygens (including phenoxy) is 1. The molecule has 38 heavy (non-hydrogen) atoms. The predicted molar refractivity (Wildman–Crippen MR) is 149 cm³/mol. The lowest BCUT2D eigenvalue weighted by molar-refractivity contribution is -0.132. The van der Waals surface area contributed by atoms with E-state index in [0.717, 1.165) is 49.3 Å². The summed E-state index contributed by atoms with van der Waals surface area (Å²) in [6, 6.07) is 11.7. The number of H-pyrrole nitrogens is 1. The Balaban J connectivity index is 1.31. The molecule has 1 aromatic carbocycles. The normalized spacial score (nSPS) is 17.4. The Bertz CT molecular complexity index is 1400. The van der Waals surface area contributed by atoms with E-state index in [0.29, 0.717) is 22.9 Å². The van der Waals surface area contributed by atoms with Crippen LogP contribution in [0.2, 0.25) is 5.02 Å². The fraction of sp³-hybridized carbons (Fsp3) is 0.345. The first-order chi connectivity index (χ1) is 18.4. The number of piperazine rings is 1. The number of aromatic nitrogens is 2. The summed E-state index contributed by atoms with van der Waals surface area (Å²) in [5, 5.41) is 3.89. The number of nitrogens with one attached hydrogen (secondary N) is 2. The molecule has 198 valence electrons. The summed E-state index contributed by atoms with van der Waals surface area (Å²) < 4.78 is 6.02. The molecular weight excluding hydrogens is 502 g/mol. The second-order valence-electron chi connectivity index (χ2n) is 9.98. The number of benzene rings is 1. The van der Waals surface area contributed by atoms with Crippen molar-refractivity contribution in [1.82, 2.24) is 25.1 Å². The number of allylic oxidation sites excluding steroid dienone is 1. The number of pyridine rings is 2. The Labute approximate surface area is 227 Å². The summed E-state index contributed by atoms with van der Waals surface area (Å²) in [6.07, 6.45) is 6.86. The first-order valence-electron chi connectivity index (χ1n) is 12.8. The van der Waals surface area contributed by atoms with Crippen LogP contribution in [-0.2, 0) is 24.4 Å². The number of likely N-dealkylation sites (N-methyl/N-ethyl adjacent to an activating group) is 1. The van der Waals surface area contributed by atoms with Crippen molar-refractivity contribution in [2.45, 2.75) is 32.0 Å². The van der Waals surface area contributed by atoms with Gasteiger partial charge in [-0.2, -0.15) is 0 Å². The van der Waals surface area contributed by atoms with Crippen LogP contribution in [-0.4, -0.2) is 65.4 Å². The topological polar surface area (TPSA) is 90.6 Å². The average Bonchev–Trinajstić information content (AvgIpc) is 2.92. The van der Waals surface area contributed by atoms with E-state index in [1.807, 2.05) is 6.07 Å². The van der Waals surface area contributed by atoms with E-state index in [-0.39, 0.29) is 24.1 Å². The van der Waals surface area contributed by atoms with Gasteiger partial charge in [-0.1, -0.05) is 35.9 Å². The van der Waals surface area contributed by atoms with Crippen LogP contribution < -0.4 is 15.6 Å². The number of carbonyl (C=O) groups excluding carboxylic acids is 1. The molecule has 2 aromatic heterocycles. The molecule has 1 amide bonds. The fourth-order valence-electron chi connectivity index (χ4n) is 5.06. The van der Waals surface area contributed by atoms with Crippen LogP contribution in [0.25, 0.3) is 11.6 Å². The quantitative estimate of drug-likeness (QED) is 0.484. The molecule has 1 fully saturated rings. The molecule has 0 radical (unpaired) electrons. The molecule has 9 heteroatoms. The molecule has 3 aromatic rings.